The molecule has 18 heavy (non-hydrogen) atoms. The second-order valence-electron chi connectivity index (χ2n) is 4.58. The Hall–Kier alpha value is -1.55. The monoisotopic (exact) mass is 248 g/mol. The third kappa shape index (κ3) is 3.47. The highest BCUT2D eigenvalue weighted by Crippen LogP contribution is 2.13. The maximum absolute atomic E-state index is 10.6. The Bertz CT molecular complexity index is 387. The molecule has 0 aromatic heterocycles. The molecular formula is C14H20N2O2. The largest absolute Gasteiger partial charge is 0.497 e. The highest BCUT2D eigenvalue weighted by Gasteiger charge is 2.14. The SMILES string of the molecule is COc1cccc(CCN2CCN(C=O)CC2)c1. The number of nitrogens with zero attached hydrogens (tertiary/aromatic N) is 2. The van der Waals surface area contributed by atoms with Crippen LogP contribution in [0.15, 0.2) is 24.3 Å². The predicted octanol–water partition coefficient (Wildman–Crippen LogP) is 1.01. The summed E-state index contributed by atoms with van der Waals surface area (Å²) in [6.07, 6.45) is 1.97. The first kappa shape index (κ1) is 12.9. The van der Waals surface area contributed by atoms with Crippen LogP contribution in [0.1, 0.15) is 5.56 Å². The molecule has 1 amide bonds. The Balaban J connectivity index is 1.79. The van der Waals surface area contributed by atoms with E-state index in [1.807, 2.05) is 17.0 Å². The molecular weight excluding hydrogens is 228 g/mol. The molecule has 0 unspecified atom stereocenters. The molecule has 1 aliphatic rings. The van der Waals surface area contributed by atoms with Crippen LogP contribution in [0.5, 0.6) is 5.75 Å². The molecule has 0 bridgehead atoms. The Kier molecular flexibility index (Phi) is 4.59. The van der Waals surface area contributed by atoms with Crippen molar-refractivity contribution in [2.75, 3.05) is 39.8 Å². The average Bonchev–Trinajstić information content (AvgIpc) is 2.46. The van der Waals surface area contributed by atoms with Crippen molar-refractivity contribution in [1.29, 1.82) is 0 Å². The summed E-state index contributed by atoms with van der Waals surface area (Å²) in [5, 5.41) is 0. The summed E-state index contributed by atoms with van der Waals surface area (Å²) in [5.41, 5.74) is 1.30. The van der Waals surface area contributed by atoms with Crippen molar-refractivity contribution >= 4 is 6.41 Å². The molecule has 1 heterocycles. The highest BCUT2D eigenvalue weighted by atomic mass is 16.5. The van der Waals surface area contributed by atoms with Crippen LogP contribution in [0.2, 0.25) is 0 Å². The van der Waals surface area contributed by atoms with Gasteiger partial charge in [0.05, 0.1) is 7.11 Å². The van der Waals surface area contributed by atoms with Gasteiger partial charge in [-0.3, -0.25) is 9.69 Å². The van der Waals surface area contributed by atoms with Gasteiger partial charge in [0.1, 0.15) is 5.75 Å². The zero-order valence-corrected chi connectivity index (χ0v) is 10.8. The molecule has 1 fully saturated rings. The maximum Gasteiger partial charge on any atom is 0.209 e. The normalized spacial score (nSPS) is 16.6. The molecule has 1 aliphatic heterocycles. The Morgan fingerprint density at radius 1 is 1.28 bits per heavy atom. The van der Waals surface area contributed by atoms with Gasteiger partial charge in [-0.25, -0.2) is 0 Å². The molecule has 0 atom stereocenters. The van der Waals surface area contributed by atoms with E-state index in [2.05, 4.69) is 17.0 Å². The van der Waals surface area contributed by atoms with Gasteiger partial charge in [0.2, 0.25) is 6.41 Å². The quantitative estimate of drug-likeness (QED) is 0.729. The summed E-state index contributed by atoms with van der Waals surface area (Å²) in [5.74, 6) is 0.915. The van der Waals surface area contributed by atoms with Crippen molar-refractivity contribution in [2.24, 2.45) is 0 Å². The van der Waals surface area contributed by atoms with Gasteiger partial charge >= 0.3 is 0 Å². The molecule has 0 radical (unpaired) electrons. The molecule has 4 nitrogen and oxygen atoms in total. The van der Waals surface area contributed by atoms with E-state index >= 15 is 0 Å². The first-order valence-corrected chi connectivity index (χ1v) is 6.36. The molecule has 0 N–H and O–H groups in total. The van der Waals surface area contributed by atoms with Gasteiger partial charge in [0.25, 0.3) is 0 Å². The van der Waals surface area contributed by atoms with E-state index < -0.39 is 0 Å². The number of carbonyl (C=O) groups excluding carboxylic acids is 1. The van der Waals surface area contributed by atoms with Crippen LogP contribution < -0.4 is 4.74 Å². The van der Waals surface area contributed by atoms with E-state index in [0.717, 1.165) is 51.3 Å². The summed E-state index contributed by atoms with van der Waals surface area (Å²) in [6.45, 7) is 4.69. The third-order valence-electron chi connectivity index (χ3n) is 3.41. The zero-order valence-electron chi connectivity index (χ0n) is 10.8. The standard InChI is InChI=1S/C14H20N2O2/c1-18-14-4-2-3-13(11-14)5-6-15-7-9-16(12-17)10-8-15/h2-4,11-12H,5-10H2,1H3. The summed E-state index contributed by atoms with van der Waals surface area (Å²) in [7, 11) is 1.69. The molecule has 0 saturated carbocycles. The highest BCUT2D eigenvalue weighted by molar-refractivity contribution is 5.47. The van der Waals surface area contributed by atoms with E-state index in [-0.39, 0.29) is 0 Å². The molecule has 4 heteroatoms. The van der Waals surface area contributed by atoms with Crippen LogP contribution >= 0.6 is 0 Å². The van der Waals surface area contributed by atoms with Crippen molar-refractivity contribution in [3.8, 4) is 5.75 Å². The van der Waals surface area contributed by atoms with Crippen LogP contribution in [-0.2, 0) is 11.2 Å². The van der Waals surface area contributed by atoms with Gasteiger partial charge in [-0.2, -0.15) is 0 Å². The zero-order chi connectivity index (χ0) is 12.8. The lowest BCUT2D eigenvalue weighted by atomic mass is 10.1. The van der Waals surface area contributed by atoms with Gasteiger partial charge < -0.3 is 9.64 Å². The van der Waals surface area contributed by atoms with E-state index in [4.69, 9.17) is 4.74 Å². The van der Waals surface area contributed by atoms with Gasteiger partial charge in [-0.05, 0) is 24.1 Å². The number of ether oxygens (including phenoxy) is 1. The first-order chi connectivity index (χ1) is 8.81. The van der Waals surface area contributed by atoms with Gasteiger partial charge in [-0.1, -0.05) is 12.1 Å². The number of piperazine rings is 1. The molecule has 0 spiro atoms. The average molecular weight is 248 g/mol. The van der Waals surface area contributed by atoms with Gasteiger partial charge in [0, 0.05) is 32.7 Å². The van der Waals surface area contributed by atoms with Crippen molar-refractivity contribution < 1.29 is 9.53 Å². The summed E-state index contributed by atoms with van der Waals surface area (Å²) >= 11 is 0. The third-order valence-corrected chi connectivity index (χ3v) is 3.41. The Labute approximate surface area is 108 Å². The van der Waals surface area contributed by atoms with Gasteiger partial charge in [0.15, 0.2) is 0 Å². The molecule has 1 aromatic rings. The number of hydrogen-bond acceptors (Lipinski definition) is 3. The van der Waals surface area contributed by atoms with E-state index in [1.54, 1.807) is 7.11 Å². The topological polar surface area (TPSA) is 32.8 Å². The lowest BCUT2D eigenvalue weighted by Gasteiger charge is -2.32. The lowest BCUT2D eigenvalue weighted by Crippen LogP contribution is -2.46. The number of rotatable bonds is 5. The van der Waals surface area contributed by atoms with E-state index in [1.165, 1.54) is 5.56 Å². The van der Waals surface area contributed by atoms with Crippen LogP contribution in [0.3, 0.4) is 0 Å². The fourth-order valence-electron chi connectivity index (χ4n) is 2.21. The minimum Gasteiger partial charge on any atom is -0.497 e. The summed E-state index contributed by atoms with van der Waals surface area (Å²) in [4.78, 5) is 14.8. The second-order valence-corrected chi connectivity index (χ2v) is 4.58. The number of amides is 1. The van der Waals surface area contributed by atoms with Gasteiger partial charge in [-0.15, -0.1) is 0 Å². The summed E-state index contributed by atoms with van der Waals surface area (Å²) in [6, 6.07) is 8.21. The number of carbonyl (C=O) groups is 1. The molecule has 0 aliphatic carbocycles. The smallest absolute Gasteiger partial charge is 0.209 e. The van der Waals surface area contributed by atoms with Crippen LogP contribution in [0.4, 0.5) is 0 Å². The van der Waals surface area contributed by atoms with Crippen molar-refractivity contribution in [2.45, 2.75) is 6.42 Å². The van der Waals surface area contributed by atoms with Crippen LogP contribution in [0, 0.1) is 0 Å². The first-order valence-electron chi connectivity index (χ1n) is 6.36. The summed E-state index contributed by atoms with van der Waals surface area (Å²) < 4.78 is 5.22. The van der Waals surface area contributed by atoms with Crippen molar-refractivity contribution in [3.63, 3.8) is 0 Å². The minimum absolute atomic E-state index is 0.849. The Morgan fingerprint density at radius 3 is 2.72 bits per heavy atom. The molecule has 1 aromatic carbocycles. The second kappa shape index (κ2) is 6.40. The van der Waals surface area contributed by atoms with Crippen molar-refractivity contribution in [1.82, 2.24) is 9.80 Å². The molecule has 1 saturated heterocycles. The number of methoxy groups -OCH3 is 1. The fraction of sp³-hybridized carbons (Fsp3) is 0.500. The van der Waals surface area contributed by atoms with Crippen LogP contribution in [-0.4, -0.2) is 56.0 Å². The van der Waals surface area contributed by atoms with E-state index in [0.29, 0.717) is 0 Å². The van der Waals surface area contributed by atoms with Crippen LogP contribution in [0.25, 0.3) is 0 Å². The van der Waals surface area contributed by atoms with E-state index in [9.17, 15) is 4.79 Å². The van der Waals surface area contributed by atoms with Crippen molar-refractivity contribution in [3.05, 3.63) is 29.8 Å². The Morgan fingerprint density at radius 2 is 2.06 bits per heavy atom. The fourth-order valence-corrected chi connectivity index (χ4v) is 2.21. The predicted molar refractivity (Wildman–Crippen MR) is 70.8 cm³/mol. The maximum atomic E-state index is 10.6. The lowest BCUT2D eigenvalue weighted by molar-refractivity contribution is -0.119. The molecule has 2 rings (SSSR count). The molecule has 98 valence electrons. The minimum atomic E-state index is 0.849. The number of benzene rings is 1. The number of hydrogen-bond donors (Lipinski definition) is 0.